The molecule has 13 nitrogen and oxygen atoms in total. The third kappa shape index (κ3) is 7.48. The molecule has 1 saturated heterocycles. The monoisotopic (exact) mass is 457 g/mol. The molecule has 32 heavy (non-hydrogen) atoms. The molecule has 1 heterocycles. The van der Waals surface area contributed by atoms with Gasteiger partial charge in [-0.05, 0) is 18.8 Å². The number of amides is 4. The first-order chi connectivity index (χ1) is 14.9. The maximum absolute atomic E-state index is 13.0. The minimum Gasteiger partial charge on any atom is -0.481 e. The zero-order chi connectivity index (χ0) is 24.6. The first-order valence-electron chi connectivity index (χ1n) is 10.3. The largest absolute Gasteiger partial charge is 0.481 e. The van der Waals surface area contributed by atoms with E-state index in [1.165, 1.54) is 0 Å². The van der Waals surface area contributed by atoms with Crippen LogP contribution in [-0.4, -0.2) is 81.4 Å². The summed E-state index contributed by atoms with van der Waals surface area (Å²) < 4.78 is 0. The minimum absolute atomic E-state index is 0.105. The summed E-state index contributed by atoms with van der Waals surface area (Å²) in [4.78, 5) is 72.7. The Labute approximate surface area is 184 Å². The third-order valence-electron chi connectivity index (χ3n) is 5.41. The lowest BCUT2D eigenvalue weighted by atomic mass is 9.99. The summed E-state index contributed by atoms with van der Waals surface area (Å²) in [5.74, 6) is -6.25. The van der Waals surface area contributed by atoms with Crippen LogP contribution in [0.15, 0.2) is 0 Å². The molecule has 1 rings (SSSR count). The van der Waals surface area contributed by atoms with Crippen molar-refractivity contribution in [2.45, 2.75) is 70.1 Å². The fraction of sp³-hybridized carbons (Fsp3) is 0.684. The van der Waals surface area contributed by atoms with Crippen molar-refractivity contribution in [1.29, 1.82) is 0 Å². The van der Waals surface area contributed by atoms with Gasteiger partial charge in [-0.25, -0.2) is 4.79 Å². The van der Waals surface area contributed by atoms with E-state index in [0.29, 0.717) is 12.8 Å². The predicted octanol–water partition coefficient (Wildman–Crippen LogP) is -2.24. The molecule has 0 bridgehead atoms. The standard InChI is InChI=1S/C19H31N5O8/c1-3-9(2)15(21)17(29)22-10(8-14(26)27)18(30)24-6-4-5-12(24)16(28)23-11(19(31)32)7-13(20)25/h9-12,15H,3-8,21H2,1-2H3,(H2,20,25)(H,22,29)(H,23,28)(H,26,27)(H,31,32). The summed E-state index contributed by atoms with van der Waals surface area (Å²) in [5, 5.41) is 22.9. The van der Waals surface area contributed by atoms with Crippen LogP contribution >= 0.6 is 0 Å². The molecule has 0 aromatic rings. The van der Waals surface area contributed by atoms with E-state index in [0.717, 1.165) is 4.90 Å². The van der Waals surface area contributed by atoms with E-state index >= 15 is 0 Å². The summed E-state index contributed by atoms with van der Waals surface area (Å²) in [7, 11) is 0. The van der Waals surface area contributed by atoms with Gasteiger partial charge in [0.25, 0.3) is 0 Å². The molecular formula is C19H31N5O8. The Kier molecular flexibility index (Phi) is 10.0. The van der Waals surface area contributed by atoms with E-state index in [1.807, 2.05) is 6.92 Å². The van der Waals surface area contributed by atoms with E-state index in [-0.39, 0.29) is 18.9 Å². The Morgan fingerprint density at radius 2 is 1.69 bits per heavy atom. The van der Waals surface area contributed by atoms with Gasteiger partial charge in [0.2, 0.25) is 23.6 Å². The van der Waals surface area contributed by atoms with Crippen LogP contribution in [0, 0.1) is 5.92 Å². The SMILES string of the molecule is CCC(C)C(N)C(=O)NC(CC(=O)O)C(=O)N1CCCC1C(=O)NC(CC(N)=O)C(=O)O. The molecule has 0 aromatic heterocycles. The normalized spacial score (nSPS) is 19.3. The zero-order valence-corrected chi connectivity index (χ0v) is 18.1. The number of likely N-dealkylation sites (tertiary alicyclic amines) is 1. The molecule has 0 spiro atoms. The Morgan fingerprint density at radius 3 is 2.19 bits per heavy atom. The third-order valence-corrected chi connectivity index (χ3v) is 5.41. The molecule has 180 valence electrons. The molecule has 0 saturated carbocycles. The van der Waals surface area contributed by atoms with Gasteiger partial charge in [-0.15, -0.1) is 0 Å². The van der Waals surface area contributed by atoms with Crippen molar-refractivity contribution in [2.24, 2.45) is 17.4 Å². The van der Waals surface area contributed by atoms with Crippen LogP contribution < -0.4 is 22.1 Å². The average molecular weight is 457 g/mol. The van der Waals surface area contributed by atoms with Gasteiger partial charge in [-0.2, -0.15) is 0 Å². The highest BCUT2D eigenvalue weighted by atomic mass is 16.4. The molecular weight excluding hydrogens is 426 g/mol. The number of carbonyl (C=O) groups is 6. The topological polar surface area (TPSA) is 222 Å². The lowest BCUT2D eigenvalue weighted by Gasteiger charge is -2.29. The van der Waals surface area contributed by atoms with Crippen molar-refractivity contribution in [3.63, 3.8) is 0 Å². The summed E-state index contributed by atoms with van der Waals surface area (Å²) >= 11 is 0. The van der Waals surface area contributed by atoms with Gasteiger partial charge < -0.3 is 37.2 Å². The van der Waals surface area contributed by atoms with Crippen molar-refractivity contribution >= 4 is 35.6 Å². The molecule has 5 unspecified atom stereocenters. The van der Waals surface area contributed by atoms with Gasteiger partial charge in [0.1, 0.15) is 18.1 Å². The number of aliphatic carboxylic acids is 2. The minimum atomic E-state index is -1.57. The average Bonchev–Trinajstić information content (AvgIpc) is 3.20. The number of carboxylic acids is 2. The highest BCUT2D eigenvalue weighted by Gasteiger charge is 2.40. The fourth-order valence-electron chi connectivity index (χ4n) is 3.33. The Morgan fingerprint density at radius 1 is 1.06 bits per heavy atom. The summed E-state index contributed by atoms with van der Waals surface area (Å²) in [6.45, 7) is 3.67. The number of nitrogens with two attached hydrogens (primary N) is 2. The van der Waals surface area contributed by atoms with Gasteiger partial charge in [0, 0.05) is 6.54 Å². The maximum atomic E-state index is 13.0. The van der Waals surface area contributed by atoms with Crippen LogP contribution in [0.1, 0.15) is 46.0 Å². The van der Waals surface area contributed by atoms with Gasteiger partial charge >= 0.3 is 11.9 Å². The number of hydrogen-bond donors (Lipinski definition) is 6. The second kappa shape index (κ2) is 12.0. The lowest BCUT2D eigenvalue weighted by Crippen LogP contribution is -2.58. The van der Waals surface area contributed by atoms with Gasteiger partial charge in [0.15, 0.2) is 0 Å². The van der Waals surface area contributed by atoms with E-state index in [1.54, 1.807) is 6.92 Å². The quantitative estimate of drug-likeness (QED) is 0.186. The Bertz CT molecular complexity index is 758. The van der Waals surface area contributed by atoms with Crippen molar-refractivity contribution in [2.75, 3.05) is 6.54 Å². The molecule has 13 heteroatoms. The first kappa shape index (κ1) is 26.8. The predicted molar refractivity (Wildman–Crippen MR) is 110 cm³/mol. The number of primary amides is 1. The number of carboxylic acid groups (broad SMARTS) is 2. The molecule has 1 fully saturated rings. The number of hydrogen-bond acceptors (Lipinski definition) is 7. The van der Waals surface area contributed by atoms with Crippen molar-refractivity contribution in [3.05, 3.63) is 0 Å². The summed E-state index contributed by atoms with van der Waals surface area (Å²) in [5.41, 5.74) is 10.9. The summed E-state index contributed by atoms with van der Waals surface area (Å²) in [6, 6.07) is -5.06. The van der Waals surface area contributed by atoms with Crippen molar-refractivity contribution in [1.82, 2.24) is 15.5 Å². The highest BCUT2D eigenvalue weighted by Crippen LogP contribution is 2.20. The Balaban J connectivity index is 2.99. The van der Waals surface area contributed by atoms with Gasteiger partial charge in [-0.3, -0.25) is 24.0 Å². The number of carbonyl (C=O) groups excluding carboxylic acids is 4. The first-order valence-corrected chi connectivity index (χ1v) is 10.3. The fourth-order valence-corrected chi connectivity index (χ4v) is 3.33. The van der Waals surface area contributed by atoms with E-state index < -0.39 is 72.6 Å². The van der Waals surface area contributed by atoms with Crippen LogP contribution in [0.4, 0.5) is 0 Å². The maximum Gasteiger partial charge on any atom is 0.326 e. The zero-order valence-electron chi connectivity index (χ0n) is 18.1. The van der Waals surface area contributed by atoms with E-state index in [4.69, 9.17) is 16.6 Å². The summed E-state index contributed by atoms with van der Waals surface area (Å²) in [6.07, 6.45) is -0.163. The molecule has 4 amide bonds. The molecule has 8 N–H and O–H groups in total. The molecule has 1 aliphatic rings. The molecule has 0 radical (unpaired) electrons. The van der Waals surface area contributed by atoms with E-state index in [2.05, 4.69) is 10.6 Å². The van der Waals surface area contributed by atoms with E-state index in [9.17, 15) is 33.9 Å². The highest BCUT2D eigenvalue weighted by molar-refractivity contribution is 5.96. The van der Waals surface area contributed by atoms with Crippen LogP contribution in [0.2, 0.25) is 0 Å². The lowest BCUT2D eigenvalue weighted by molar-refractivity contribution is -0.147. The number of nitrogens with zero attached hydrogens (tertiary/aromatic N) is 1. The number of rotatable bonds is 12. The number of nitrogens with one attached hydrogen (secondary N) is 2. The van der Waals surface area contributed by atoms with Crippen LogP contribution in [-0.2, 0) is 28.8 Å². The second-order valence-electron chi connectivity index (χ2n) is 7.83. The van der Waals surface area contributed by atoms with Crippen molar-refractivity contribution in [3.8, 4) is 0 Å². The molecule has 5 atom stereocenters. The van der Waals surface area contributed by atoms with Gasteiger partial charge in [0.05, 0.1) is 18.9 Å². The second-order valence-corrected chi connectivity index (χ2v) is 7.83. The van der Waals surface area contributed by atoms with Crippen molar-refractivity contribution < 1.29 is 39.0 Å². The van der Waals surface area contributed by atoms with Crippen LogP contribution in [0.5, 0.6) is 0 Å². The van der Waals surface area contributed by atoms with Crippen LogP contribution in [0.3, 0.4) is 0 Å². The smallest absolute Gasteiger partial charge is 0.326 e. The molecule has 1 aliphatic heterocycles. The molecule has 0 aromatic carbocycles. The van der Waals surface area contributed by atoms with Crippen LogP contribution in [0.25, 0.3) is 0 Å². The Hall–Kier alpha value is -3.22. The molecule has 0 aliphatic carbocycles. The van der Waals surface area contributed by atoms with Gasteiger partial charge in [-0.1, -0.05) is 20.3 Å².